The summed E-state index contributed by atoms with van der Waals surface area (Å²) in [7, 11) is 1.37. The van der Waals surface area contributed by atoms with Gasteiger partial charge in [0.1, 0.15) is 0 Å². The summed E-state index contributed by atoms with van der Waals surface area (Å²) in [5.74, 6) is 3.24. The van der Waals surface area contributed by atoms with E-state index in [0.717, 1.165) is 17.8 Å². The molecule has 4 nitrogen and oxygen atoms in total. The highest BCUT2D eigenvalue weighted by Crippen LogP contribution is 2.26. The number of nitrogen functional groups attached to an aromatic ring is 1. The Balaban J connectivity index is 2.07. The molecule has 1 aromatic rings. The van der Waals surface area contributed by atoms with Crippen molar-refractivity contribution in [2.24, 2.45) is 0 Å². The van der Waals surface area contributed by atoms with Crippen LogP contribution in [0, 0.1) is 6.92 Å². The van der Waals surface area contributed by atoms with Gasteiger partial charge in [-0.3, -0.25) is 0 Å². The van der Waals surface area contributed by atoms with E-state index in [-0.39, 0.29) is 0 Å². The van der Waals surface area contributed by atoms with Crippen LogP contribution in [0.4, 0.5) is 11.4 Å². The van der Waals surface area contributed by atoms with Crippen LogP contribution in [-0.2, 0) is 4.74 Å². The van der Waals surface area contributed by atoms with Gasteiger partial charge in [-0.1, -0.05) is 0 Å². The minimum Gasteiger partial charge on any atom is -0.465 e. The topological polar surface area (TPSA) is 64.3 Å². The highest BCUT2D eigenvalue weighted by atomic mass is 32.2. The first-order chi connectivity index (χ1) is 9.61. The smallest absolute Gasteiger partial charge is 0.340 e. The Morgan fingerprint density at radius 3 is 2.95 bits per heavy atom. The maximum absolute atomic E-state index is 11.7. The maximum atomic E-state index is 11.7. The molecule has 1 aliphatic heterocycles. The molecule has 0 saturated carbocycles. The van der Waals surface area contributed by atoms with E-state index in [9.17, 15) is 4.79 Å². The summed E-state index contributed by atoms with van der Waals surface area (Å²) in [5.41, 5.74) is 8.67. The first-order valence-electron chi connectivity index (χ1n) is 6.53. The van der Waals surface area contributed by atoms with Crippen LogP contribution >= 0.6 is 23.5 Å². The molecule has 0 aliphatic carbocycles. The number of aryl methyl sites for hydroxylation is 1. The van der Waals surface area contributed by atoms with Gasteiger partial charge in [-0.15, -0.1) is 0 Å². The number of hydrogen-bond donors (Lipinski definition) is 2. The highest BCUT2D eigenvalue weighted by Gasteiger charge is 2.16. The van der Waals surface area contributed by atoms with Crippen LogP contribution in [0.25, 0.3) is 0 Å². The largest absolute Gasteiger partial charge is 0.465 e. The Kier molecular flexibility index (Phi) is 5.48. The van der Waals surface area contributed by atoms with Crippen molar-refractivity contribution in [3.63, 3.8) is 0 Å². The first kappa shape index (κ1) is 15.4. The van der Waals surface area contributed by atoms with Crippen LogP contribution < -0.4 is 11.1 Å². The maximum Gasteiger partial charge on any atom is 0.340 e. The molecule has 1 fully saturated rings. The first-order valence-corrected chi connectivity index (χ1v) is 8.74. The number of carbonyl (C=O) groups is 1. The van der Waals surface area contributed by atoms with Gasteiger partial charge in [0.05, 0.1) is 12.7 Å². The van der Waals surface area contributed by atoms with E-state index >= 15 is 0 Å². The molecule has 1 aliphatic rings. The Hall–Kier alpha value is -1.01. The number of benzene rings is 1. The Morgan fingerprint density at radius 1 is 1.50 bits per heavy atom. The van der Waals surface area contributed by atoms with Gasteiger partial charge in [-0.2, -0.15) is 23.5 Å². The molecule has 3 N–H and O–H groups in total. The van der Waals surface area contributed by atoms with Gasteiger partial charge in [-0.05, 0) is 24.6 Å². The fourth-order valence-electron chi connectivity index (χ4n) is 2.07. The number of ether oxygens (including phenoxy) is 1. The van der Waals surface area contributed by atoms with Gasteiger partial charge in [0.2, 0.25) is 0 Å². The molecule has 6 heteroatoms. The minimum atomic E-state index is -0.392. The normalized spacial score (nSPS) is 18.6. The second kappa shape index (κ2) is 7.13. The summed E-state index contributed by atoms with van der Waals surface area (Å²) in [4.78, 5) is 11.7. The number of nitrogens with one attached hydrogen (secondary N) is 1. The Labute approximate surface area is 128 Å². The molecular formula is C14H20N2O2S2. The quantitative estimate of drug-likeness (QED) is 0.658. The van der Waals surface area contributed by atoms with Gasteiger partial charge >= 0.3 is 5.97 Å². The zero-order valence-corrected chi connectivity index (χ0v) is 13.4. The van der Waals surface area contributed by atoms with Gasteiger partial charge < -0.3 is 15.8 Å². The van der Waals surface area contributed by atoms with Crippen LogP contribution in [0.3, 0.4) is 0 Å². The molecule has 1 unspecified atom stereocenters. The predicted molar refractivity (Wildman–Crippen MR) is 89.0 cm³/mol. The van der Waals surface area contributed by atoms with Crippen molar-refractivity contribution < 1.29 is 9.53 Å². The third-order valence-electron chi connectivity index (χ3n) is 3.21. The van der Waals surface area contributed by atoms with Crippen LogP contribution in [0.1, 0.15) is 15.9 Å². The minimum absolute atomic E-state index is 0.392. The zero-order chi connectivity index (χ0) is 14.5. The molecule has 1 saturated heterocycles. The van der Waals surface area contributed by atoms with E-state index in [1.807, 2.05) is 36.5 Å². The molecule has 0 radical (unpaired) electrons. The van der Waals surface area contributed by atoms with E-state index in [0.29, 0.717) is 16.5 Å². The fraction of sp³-hybridized carbons (Fsp3) is 0.500. The molecule has 0 amide bonds. The van der Waals surface area contributed by atoms with Crippen molar-refractivity contribution in [3.8, 4) is 0 Å². The van der Waals surface area contributed by atoms with E-state index in [2.05, 4.69) is 5.32 Å². The summed E-state index contributed by atoms with van der Waals surface area (Å²) in [5, 5.41) is 4.02. The van der Waals surface area contributed by atoms with E-state index in [4.69, 9.17) is 10.5 Å². The number of hydrogen-bond acceptors (Lipinski definition) is 6. The van der Waals surface area contributed by atoms with Crippen molar-refractivity contribution in [1.82, 2.24) is 0 Å². The Bertz CT molecular complexity index is 488. The number of thioether (sulfide) groups is 2. The van der Waals surface area contributed by atoms with Crippen molar-refractivity contribution in [1.29, 1.82) is 0 Å². The predicted octanol–water partition coefficient (Wildman–Crippen LogP) is 2.62. The molecule has 0 bridgehead atoms. The molecule has 1 aromatic carbocycles. The van der Waals surface area contributed by atoms with E-state index < -0.39 is 5.97 Å². The highest BCUT2D eigenvalue weighted by molar-refractivity contribution is 8.06. The number of methoxy groups -OCH3 is 1. The second-order valence-corrected chi connectivity index (χ2v) is 7.25. The lowest BCUT2D eigenvalue weighted by molar-refractivity contribution is 0.0602. The lowest BCUT2D eigenvalue weighted by Gasteiger charge is -2.22. The van der Waals surface area contributed by atoms with Crippen LogP contribution in [0.15, 0.2) is 12.1 Å². The molecule has 2 rings (SSSR count). The van der Waals surface area contributed by atoms with Crippen molar-refractivity contribution in [2.75, 3.05) is 42.0 Å². The third kappa shape index (κ3) is 3.76. The average Bonchev–Trinajstić information content (AvgIpc) is 2.48. The molecule has 0 aromatic heterocycles. The van der Waals surface area contributed by atoms with Crippen LogP contribution in [0.2, 0.25) is 0 Å². The van der Waals surface area contributed by atoms with Crippen molar-refractivity contribution in [3.05, 3.63) is 23.3 Å². The SMILES string of the molecule is COC(=O)c1cc(NCC2CSCCS2)cc(C)c1N. The molecule has 1 atom stereocenters. The standard InChI is InChI=1S/C14H20N2O2S2/c1-9-5-10(6-12(13(9)15)14(17)18-2)16-7-11-8-19-3-4-20-11/h5-6,11,16H,3-4,7-8,15H2,1-2H3. The summed E-state index contributed by atoms with van der Waals surface area (Å²) in [6.07, 6.45) is 0. The lowest BCUT2D eigenvalue weighted by Crippen LogP contribution is -2.23. The monoisotopic (exact) mass is 312 g/mol. The molecule has 20 heavy (non-hydrogen) atoms. The third-order valence-corrected chi connectivity index (χ3v) is 6.06. The lowest BCUT2D eigenvalue weighted by atomic mass is 10.1. The van der Waals surface area contributed by atoms with Gasteiger partial charge in [0.15, 0.2) is 0 Å². The van der Waals surface area contributed by atoms with E-state index in [1.54, 1.807) is 6.07 Å². The van der Waals surface area contributed by atoms with Crippen molar-refractivity contribution >= 4 is 40.9 Å². The number of esters is 1. The number of rotatable bonds is 4. The summed E-state index contributed by atoms with van der Waals surface area (Å²) in [6, 6.07) is 3.75. The molecular weight excluding hydrogens is 292 g/mol. The summed E-state index contributed by atoms with van der Waals surface area (Å²) < 4.78 is 4.77. The van der Waals surface area contributed by atoms with Crippen LogP contribution in [0.5, 0.6) is 0 Å². The molecule has 1 heterocycles. The second-order valence-electron chi connectivity index (χ2n) is 4.69. The van der Waals surface area contributed by atoms with Gasteiger partial charge in [0, 0.05) is 40.4 Å². The summed E-state index contributed by atoms with van der Waals surface area (Å²) >= 11 is 4.01. The summed E-state index contributed by atoms with van der Waals surface area (Å²) in [6.45, 7) is 2.81. The average molecular weight is 312 g/mol. The number of anilines is 2. The van der Waals surface area contributed by atoms with Crippen molar-refractivity contribution in [2.45, 2.75) is 12.2 Å². The molecule has 110 valence electrons. The van der Waals surface area contributed by atoms with E-state index in [1.165, 1.54) is 24.4 Å². The fourth-order valence-corrected chi connectivity index (χ4v) is 4.68. The number of carbonyl (C=O) groups excluding carboxylic acids is 1. The van der Waals surface area contributed by atoms with Gasteiger partial charge in [-0.25, -0.2) is 4.79 Å². The molecule has 0 spiro atoms. The Morgan fingerprint density at radius 2 is 2.30 bits per heavy atom. The number of nitrogens with two attached hydrogens (primary N) is 1. The zero-order valence-electron chi connectivity index (χ0n) is 11.8. The van der Waals surface area contributed by atoms with Gasteiger partial charge in [0.25, 0.3) is 0 Å². The van der Waals surface area contributed by atoms with Crippen LogP contribution in [-0.4, -0.2) is 42.1 Å².